The monoisotopic (exact) mass is 418 g/mol. The Bertz CT molecular complexity index is 1260. The predicted octanol–water partition coefficient (Wildman–Crippen LogP) is 5.99. The summed E-state index contributed by atoms with van der Waals surface area (Å²) >= 11 is 0. The van der Waals surface area contributed by atoms with E-state index in [4.69, 9.17) is 4.74 Å². The Balaban J connectivity index is 1.58. The minimum atomic E-state index is -0.446. The van der Waals surface area contributed by atoms with Gasteiger partial charge in [0.15, 0.2) is 0 Å². The summed E-state index contributed by atoms with van der Waals surface area (Å²) in [5.41, 5.74) is 5.61. The highest BCUT2D eigenvalue weighted by Crippen LogP contribution is 2.62. The Morgan fingerprint density at radius 2 is 1.06 bits per heavy atom. The van der Waals surface area contributed by atoms with Crippen molar-refractivity contribution in [2.75, 3.05) is 0 Å². The van der Waals surface area contributed by atoms with E-state index in [0.29, 0.717) is 5.75 Å². The average Bonchev–Trinajstić information content (AvgIpc) is 2.84. The number of ether oxygens (including phenoxy) is 1. The molecule has 0 aliphatic heterocycles. The first-order valence-electron chi connectivity index (χ1n) is 11.0. The second-order valence-corrected chi connectivity index (χ2v) is 8.56. The van der Waals surface area contributed by atoms with Crippen LogP contribution < -0.4 is 4.74 Å². The minimum Gasteiger partial charge on any atom is -0.508 e. The quantitative estimate of drug-likeness (QED) is 0.328. The number of benzene rings is 4. The molecule has 0 aromatic heterocycles. The molecule has 2 unspecified atom stereocenters. The van der Waals surface area contributed by atoms with E-state index in [1.165, 1.54) is 22.3 Å². The molecule has 0 fully saturated rings. The van der Waals surface area contributed by atoms with Crippen LogP contribution in [0.2, 0.25) is 0 Å². The van der Waals surface area contributed by atoms with Gasteiger partial charge in [-0.15, -0.1) is 0 Å². The summed E-state index contributed by atoms with van der Waals surface area (Å²) in [6.45, 7) is 0. The molecule has 0 saturated carbocycles. The maximum Gasteiger partial charge on any atom is 0.315 e. The molecule has 3 nitrogen and oxygen atoms in total. The summed E-state index contributed by atoms with van der Waals surface area (Å²) in [5.74, 6) is -0.333. The van der Waals surface area contributed by atoms with Crippen molar-refractivity contribution in [2.24, 2.45) is 5.92 Å². The minimum absolute atomic E-state index is 0.0333. The lowest BCUT2D eigenvalue weighted by atomic mass is 9.53. The van der Waals surface area contributed by atoms with Crippen LogP contribution in [0.15, 0.2) is 103 Å². The number of rotatable bonds is 3. The standard InChI is InChI=1S/C29H22O3/c30-24-17-9-8-16-23(24)27-25-19-12-4-6-14-21(19)26(22-15-7-5-13-20(22)25)28(27)29(31)32-18-10-2-1-3-11-18/h1-17,25-28,30H. The van der Waals surface area contributed by atoms with Crippen LogP contribution in [0, 0.1) is 5.92 Å². The predicted molar refractivity (Wildman–Crippen MR) is 123 cm³/mol. The fraction of sp³-hybridized carbons (Fsp3) is 0.138. The zero-order valence-corrected chi connectivity index (χ0v) is 17.4. The molecule has 0 amide bonds. The summed E-state index contributed by atoms with van der Waals surface area (Å²) in [7, 11) is 0. The fourth-order valence-corrected chi connectivity index (χ4v) is 5.78. The highest BCUT2D eigenvalue weighted by atomic mass is 16.5. The van der Waals surface area contributed by atoms with E-state index in [1.807, 2.05) is 48.5 Å². The van der Waals surface area contributed by atoms with Crippen molar-refractivity contribution in [3.8, 4) is 11.5 Å². The lowest BCUT2D eigenvalue weighted by molar-refractivity contribution is -0.141. The van der Waals surface area contributed by atoms with Crippen molar-refractivity contribution in [3.05, 3.63) is 131 Å². The fourth-order valence-electron chi connectivity index (χ4n) is 5.78. The number of phenols is 1. The van der Waals surface area contributed by atoms with Crippen LogP contribution in [-0.2, 0) is 4.79 Å². The molecule has 3 aliphatic rings. The van der Waals surface area contributed by atoms with Gasteiger partial charge in [0.2, 0.25) is 0 Å². The molecular formula is C29H22O3. The van der Waals surface area contributed by atoms with Crippen molar-refractivity contribution in [3.63, 3.8) is 0 Å². The smallest absolute Gasteiger partial charge is 0.315 e. The molecule has 2 atom stereocenters. The van der Waals surface area contributed by atoms with Crippen molar-refractivity contribution in [1.29, 1.82) is 0 Å². The summed E-state index contributed by atoms with van der Waals surface area (Å²) in [6, 6.07) is 33.4. The summed E-state index contributed by atoms with van der Waals surface area (Å²) in [6.07, 6.45) is 0. The van der Waals surface area contributed by atoms with Gasteiger partial charge in [0.25, 0.3) is 0 Å². The van der Waals surface area contributed by atoms with Gasteiger partial charge in [-0.05, 0) is 46.0 Å². The van der Waals surface area contributed by atoms with Gasteiger partial charge in [0, 0.05) is 17.8 Å². The van der Waals surface area contributed by atoms with Crippen LogP contribution in [0.1, 0.15) is 45.6 Å². The third-order valence-corrected chi connectivity index (χ3v) is 6.97. The molecule has 0 spiro atoms. The van der Waals surface area contributed by atoms with E-state index >= 15 is 0 Å². The number of para-hydroxylation sites is 2. The molecule has 4 aromatic carbocycles. The summed E-state index contributed by atoms with van der Waals surface area (Å²) < 4.78 is 5.91. The van der Waals surface area contributed by atoms with Gasteiger partial charge in [-0.1, -0.05) is 84.9 Å². The molecule has 1 N–H and O–H groups in total. The van der Waals surface area contributed by atoms with E-state index in [0.717, 1.165) is 5.56 Å². The highest BCUT2D eigenvalue weighted by Gasteiger charge is 2.54. The molecule has 3 heteroatoms. The second kappa shape index (κ2) is 7.38. The molecule has 7 rings (SSSR count). The molecular weight excluding hydrogens is 396 g/mol. The van der Waals surface area contributed by atoms with Crippen molar-refractivity contribution in [1.82, 2.24) is 0 Å². The lowest BCUT2D eigenvalue weighted by Gasteiger charge is -2.49. The van der Waals surface area contributed by atoms with Crippen molar-refractivity contribution < 1.29 is 14.6 Å². The molecule has 0 radical (unpaired) electrons. The van der Waals surface area contributed by atoms with Crippen LogP contribution in [0.25, 0.3) is 0 Å². The Kier molecular flexibility index (Phi) is 4.36. The maximum atomic E-state index is 13.8. The molecule has 32 heavy (non-hydrogen) atoms. The van der Waals surface area contributed by atoms with Gasteiger partial charge in [0.05, 0.1) is 5.92 Å². The number of carbonyl (C=O) groups excluding carboxylic acids is 1. The van der Waals surface area contributed by atoms with Gasteiger partial charge < -0.3 is 9.84 Å². The van der Waals surface area contributed by atoms with Gasteiger partial charge >= 0.3 is 5.97 Å². The van der Waals surface area contributed by atoms with Gasteiger partial charge in [-0.25, -0.2) is 0 Å². The topological polar surface area (TPSA) is 46.5 Å². The van der Waals surface area contributed by atoms with Crippen molar-refractivity contribution >= 4 is 5.97 Å². The third kappa shape index (κ3) is 2.78. The Morgan fingerprint density at radius 3 is 1.62 bits per heavy atom. The van der Waals surface area contributed by atoms with E-state index in [-0.39, 0.29) is 29.5 Å². The van der Waals surface area contributed by atoms with E-state index in [1.54, 1.807) is 18.2 Å². The Labute approximate surface area is 186 Å². The second-order valence-electron chi connectivity index (χ2n) is 8.56. The van der Waals surface area contributed by atoms with Gasteiger partial charge in [0.1, 0.15) is 11.5 Å². The number of fused-ring (bicyclic) bond motifs is 1. The first-order chi connectivity index (χ1) is 15.7. The SMILES string of the molecule is O=C(Oc1ccccc1)C1C2c3ccccc3C(c3ccccc32)C1c1ccccc1O. The molecule has 3 aliphatic carbocycles. The molecule has 156 valence electrons. The molecule has 4 aromatic rings. The average molecular weight is 418 g/mol. The zero-order chi connectivity index (χ0) is 21.7. The van der Waals surface area contributed by atoms with E-state index in [2.05, 4.69) is 36.4 Å². The maximum absolute atomic E-state index is 13.8. The normalized spacial score (nSPS) is 22.6. The van der Waals surface area contributed by atoms with Crippen LogP contribution in [-0.4, -0.2) is 11.1 Å². The summed E-state index contributed by atoms with van der Waals surface area (Å²) in [5, 5.41) is 10.8. The van der Waals surface area contributed by atoms with Crippen molar-refractivity contribution in [2.45, 2.75) is 17.8 Å². The number of aromatic hydroxyl groups is 1. The summed E-state index contributed by atoms with van der Waals surface area (Å²) in [4.78, 5) is 13.8. The van der Waals surface area contributed by atoms with Crippen LogP contribution in [0.4, 0.5) is 0 Å². The van der Waals surface area contributed by atoms with Gasteiger partial charge in [-0.2, -0.15) is 0 Å². The molecule has 2 bridgehead atoms. The number of esters is 1. The van der Waals surface area contributed by atoms with E-state index in [9.17, 15) is 9.90 Å². The van der Waals surface area contributed by atoms with Gasteiger partial charge in [-0.3, -0.25) is 4.79 Å². The van der Waals surface area contributed by atoms with Crippen LogP contribution >= 0.6 is 0 Å². The third-order valence-electron chi connectivity index (χ3n) is 6.97. The Morgan fingerprint density at radius 1 is 0.594 bits per heavy atom. The molecule has 0 heterocycles. The van der Waals surface area contributed by atoms with Crippen LogP contribution in [0.5, 0.6) is 11.5 Å². The van der Waals surface area contributed by atoms with Crippen LogP contribution in [0.3, 0.4) is 0 Å². The first-order valence-corrected chi connectivity index (χ1v) is 11.0. The van der Waals surface area contributed by atoms with E-state index < -0.39 is 5.92 Å². The molecule has 0 saturated heterocycles. The zero-order valence-electron chi connectivity index (χ0n) is 17.4. The Hall–Kier alpha value is -3.85. The first kappa shape index (κ1) is 18.9. The number of hydrogen-bond donors (Lipinski definition) is 1. The highest BCUT2D eigenvalue weighted by molar-refractivity contribution is 5.82. The largest absolute Gasteiger partial charge is 0.508 e. The number of hydrogen-bond acceptors (Lipinski definition) is 3. The lowest BCUT2D eigenvalue weighted by Crippen LogP contribution is -2.43. The number of carbonyl (C=O) groups is 1. The number of phenolic OH excluding ortho intramolecular Hbond substituents is 1.